The lowest BCUT2D eigenvalue weighted by Crippen LogP contribution is -2.40. The summed E-state index contributed by atoms with van der Waals surface area (Å²) in [6, 6.07) is 15.8. The zero-order valence-corrected chi connectivity index (χ0v) is 24.5. The van der Waals surface area contributed by atoms with Gasteiger partial charge in [-0.05, 0) is 49.4 Å². The molecule has 0 aliphatic carbocycles. The van der Waals surface area contributed by atoms with Gasteiger partial charge in [0.1, 0.15) is 5.65 Å². The molecular weight excluding hydrogens is 554 g/mol. The van der Waals surface area contributed by atoms with Crippen LogP contribution in [0.5, 0.6) is 0 Å². The van der Waals surface area contributed by atoms with Gasteiger partial charge in [0.25, 0.3) is 10.0 Å². The molecule has 2 aliphatic heterocycles. The lowest BCUT2D eigenvalue weighted by atomic mass is 9.86. The molecule has 0 spiro atoms. The Morgan fingerprint density at radius 1 is 0.976 bits per heavy atom. The van der Waals surface area contributed by atoms with Crippen molar-refractivity contribution < 1.29 is 17.9 Å². The number of morpholine rings is 1. The maximum atomic E-state index is 13.7. The zero-order chi connectivity index (χ0) is 28.8. The maximum Gasteiger partial charge on any atom is 0.260 e. The maximum absolute atomic E-state index is 13.7. The van der Waals surface area contributed by atoms with Crippen molar-refractivity contribution in [2.45, 2.75) is 30.8 Å². The van der Waals surface area contributed by atoms with Crippen LogP contribution in [0.3, 0.4) is 0 Å². The summed E-state index contributed by atoms with van der Waals surface area (Å²) in [5.74, 6) is 0.255. The molecular formula is C30H33N7O4S. The molecule has 0 bridgehead atoms. The minimum absolute atomic E-state index is 0.0339. The average Bonchev–Trinajstić information content (AvgIpc) is 3.54. The van der Waals surface area contributed by atoms with E-state index in [1.807, 2.05) is 44.4 Å². The second-order valence-corrected chi connectivity index (χ2v) is 12.8. The van der Waals surface area contributed by atoms with Crippen molar-refractivity contribution in [3.63, 3.8) is 0 Å². The molecule has 2 aliphatic rings. The predicted octanol–water partition coefficient (Wildman–Crippen LogP) is 3.73. The number of sulfonamides is 1. The van der Waals surface area contributed by atoms with E-state index in [0.717, 1.165) is 51.8 Å². The third kappa shape index (κ3) is 4.58. The first-order valence-electron chi connectivity index (χ1n) is 14.3. The van der Waals surface area contributed by atoms with E-state index in [2.05, 4.69) is 33.1 Å². The fraction of sp³-hybridized carbons (Fsp3) is 0.400. The number of benzene rings is 1. The quantitative estimate of drug-likeness (QED) is 0.295. The molecule has 0 amide bonds. The molecule has 12 heteroatoms. The summed E-state index contributed by atoms with van der Waals surface area (Å²) in [6.45, 7) is 4.65. The summed E-state index contributed by atoms with van der Waals surface area (Å²) < 4.78 is 44.1. The Kier molecular flexibility index (Phi) is 7.01. The normalized spacial score (nSPS) is 18.1. The molecule has 7 rings (SSSR count). The molecule has 2 saturated heterocycles. The van der Waals surface area contributed by atoms with Crippen molar-refractivity contribution in [3.05, 3.63) is 66.0 Å². The standard InChI is InChI=1S/C30H33N7O4S/c1-20-28(35(2)34-33-20)23-18-25-27(31-19-23)24-8-9-26(42(38,39)36-12-16-41-17-13-36)32-30(24)37(25)29(21-6-4-3-5-7-21)22-10-14-40-15-11-22/h3-9,18-19,22,29H,10-17H2,1-2H3/t29-/m1/s1. The van der Waals surface area contributed by atoms with Crippen molar-refractivity contribution in [2.24, 2.45) is 13.0 Å². The monoisotopic (exact) mass is 587 g/mol. The molecule has 42 heavy (non-hydrogen) atoms. The fourth-order valence-electron chi connectivity index (χ4n) is 6.40. The molecule has 0 radical (unpaired) electrons. The molecule has 2 fully saturated rings. The van der Waals surface area contributed by atoms with Crippen molar-refractivity contribution in [1.29, 1.82) is 0 Å². The van der Waals surface area contributed by atoms with Crippen molar-refractivity contribution in [1.82, 2.24) is 33.8 Å². The molecule has 6 heterocycles. The number of aromatic nitrogens is 6. The molecule has 0 N–H and O–H groups in total. The van der Waals surface area contributed by atoms with Gasteiger partial charge in [0.15, 0.2) is 5.03 Å². The van der Waals surface area contributed by atoms with E-state index in [0.29, 0.717) is 45.2 Å². The van der Waals surface area contributed by atoms with E-state index < -0.39 is 10.0 Å². The Morgan fingerprint density at radius 2 is 1.71 bits per heavy atom. The van der Waals surface area contributed by atoms with Crippen LogP contribution in [0.15, 0.2) is 59.8 Å². The van der Waals surface area contributed by atoms with Gasteiger partial charge < -0.3 is 14.0 Å². The first-order chi connectivity index (χ1) is 20.4. The van der Waals surface area contributed by atoms with Gasteiger partial charge in [-0.1, -0.05) is 35.5 Å². The number of ether oxygens (including phenoxy) is 2. The number of hydrogen-bond donors (Lipinski definition) is 0. The number of aryl methyl sites for hydroxylation is 2. The van der Waals surface area contributed by atoms with E-state index in [9.17, 15) is 8.42 Å². The topological polar surface area (TPSA) is 117 Å². The van der Waals surface area contributed by atoms with Crippen LogP contribution in [-0.4, -0.2) is 81.8 Å². The van der Waals surface area contributed by atoms with Crippen LogP contribution in [0.1, 0.15) is 30.1 Å². The van der Waals surface area contributed by atoms with E-state index in [-0.39, 0.29) is 17.0 Å². The third-order valence-electron chi connectivity index (χ3n) is 8.43. The second kappa shape index (κ2) is 10.8. The lowest BCUT2D eigenvalue weighted by Gasteiger charge is -2.33. The summed E-state index contributed by atoms with van der Waals surface area (Å²) in [4.78, 5) is 9.86. The Bertz CT molecular complexity index is 1840. The van der Waals surface area contributed by atoms with Gasteiger partial charge >= 0.3 is 0 Å². The molecule has 1 aromatic carbocycles. The van der Waals surface area contributed by atoms with E-state index in [4.69, 9.17) is 19.4 Å². The Morgan fingerprint density at radius 3 is 2.43 bits per heavy atom. The minimum atomic E-state index is -3.81. The van der Waals surface area contributed by atoms with Crippen molar-refractivity contribution in [2.75, 3.05) is 39.5 Å². The number of pyridine rings is 2. The molecule has 0 unspecified atom stereocenters. The third-order valence-corrected chi connectivity index (χ3v) is 10.2. The number of fused-ring (bicyclic) bond motifs is 3. The van der Waals surface area contributed by atoms with Crippen molar-refractivity contribution in [3.8, 4) is 11.3 Å². The number of rotatable bonds is 6. The molecule has 11 nitrogen and oxygen atoms in total. The summed E-state index contributed by atoms with van der Waals surface area (Å²) in [5, 5.41) is 9.30. The number of hydrogen-bond acceptors (Lipinski definition) is 8. The molecule has 4 aromatic heterocycles. The van der Waals surface area contributed by atoms with Crippen LogP contribution in [0.2, 0.25) is 0 Å². The van der Waals surface area contributed by atoms with E-state index in [1.165, 1.54) is 4.31 Å². The fourth-order valence-corrected chi connectivity index (χ4v) is 7.74. The zero-order valence-electron chi connectivity index (χ0n) is 23.7. The van der Waals surface area contributed by atoms with Gasteiger partial charge in [-0.25, -0.2) is 18.1 Å². The highest BCUT2D eigenvalue weighted by Gasteiger charge is 2.33. The molecule has 5 aromatic rings. The summed E-state index contributed by atoms with van der Waals surface area (Å²) >= 11 is 0. The van der Waals surface area contributed by atoms with Gasteiger partial charge in [-0.3, -0.25) is 4.98 Å². The van der Waals surface area contributed by atoms with Crippen LogP contribution in [-0.2, 0) is 26.5 Å². The lowest BCUT2D eigenvalue weighted by molar-refractivity contribution is 0.0552. The highest BCUT2D eigenvalue weighted by Crippen LogP contribution is 2.41. The average molecular weight is 588 g/mol. The Labute approximate surface area is 244 Å². The van der Waals surface area contributed by atoms with Gasteiger partial charge in [-0.2, -0.15) is 4.31 Å². The smallest absolute Gasteiger partial charge is 0.260 e. The van der Waals surface area contributed by atoms with Crippen molar-refractivity contribution >= 4 is 32.1 Å². The van der Waals surface area contributed by atoms with Crippen LogP contribution in [0, 0.1) is 12.8 Å². The first kappa shape index (κ1) is 27.1. The van der Waals surface area contributed by atoms with Crippen LogP contribution < -0.4 is 0 Å². The SMILES string of the molecule is Cc1nnn(C)c1-c1cnc2c3ccc(S(=O)(=O)N4CCOCC4)nc3n([C@H](c3ccccc3)C3CCOCC3)c2c1. The number of nitrogens with zero attached hydrogens (tertiary/aromatic N) is 7. The van der Waals surface area contributed by atoms with Crippen LogP contribution in [0.25, 0.3) is 33.3 Å². The molecule has 0 saturated carbocycles. The van der Waals surface area contributed by atoms with Gasteiger partial charge in [-0.15, -0.1) is 5.10 Å². The summed E-state index contributed by atoms with van der Waals surface area (Å²) in [7, 11) is -1.94. The van der Waals surface area contributed by atoms with Gasteiger partial charge in [0.05, 0.1) is 41.7 Å². The Balaban J connectivity index is 1.51. The minimum Gasteiger partial charge on any atom is -0.381 e. The summed E-state index contributed by atoms with van der Waals surface area (Å²) in [6.07, 6.45) is 3.59. The largest absolute Gasteiger partial charge is 0.381 e. The highest BCUT2D eigenvalue weighted by atomic mass is 32.2. The van der Waals surface area contributed by atoms with Crippen LogP contribution in [0.4, 0.5) is 0 Å². The first-order valence-corrected chi connectivity index (χ1v) is 15.8. The highest BCUT2D eigenvalue weighted by molar-refractivity contribution is 7.89. The molecule has 1 atom stereocenters. The predicted molar refractivity (Wildman–Crippen MR) is 157 cm³/mol. The van der Waals surface area contributed by atoms with Gasteiger partial charge in [0, 0.05) is 50.5 Å². The second-order valence-electron chi connectivity index (χ2n) is 11.0. The van der Waals surface area contributed by atoms with Gasteiger partial charge in [0.2, 0.25) is 0 Å². The van der Waals surface area contributed by atoms with Crippen LogP contribution >= 0.6 is 0 Å². The molecule has 218 valence electrons. The van der Waals surface area contributed by atoms with E-state index in [1.54, 1.807) is 10.7 Å². The Hall–Kier alpha value is -3.71. The summed E-state index contributed by atoms with van der Waals surface area (Å²) in [5.41, 5.74) is 5.97. The van der Waals surface area contributed by atoms with E-state index >= 15 is 0 Å².